The molecule has 13 heavy (non-hydrogen) atoms. The molecule has 0 aliphatic rings. The number of alkyl halides is 2. The van der Waals surface area contributed by atoms with E-state index < -0.39 is 6.17 Å². The fourth-order valence-corrected chi connectivity index (χ4v) is 1.64. The van der Waals surface area contributed by atoms with E-state index in [1.54, 1.807) is 0 Å². The maximum absolute atomic E-state index is 12.8. The van der Waals surface area contributed by atoms with Gasteiger partial charge in [-0.2, -0.15) is 0 Å². The van der Waals surface area contributed by atoms with Crippen LogP contribution in [-0.2, 0) is 6.42 Å². The number of halogens is 3. The molecule has 0 spiro atoms. The first-order valence-electron chi connectivity index (χ1n) is 4.17. The van der Waals surface area contributed by atoms with Crippen molar-refractivity contribution in [3.05, 3.63) is 34.3 Å². The monoisotopic (exact) mass is 308 g/mol. The van der Waals surface area contributed by atoms with Gasteiger partial charge in [0.1, 0.15) is 6.17 Å². The summed E-state index contributed by atoms with van der Waals surface area (Å²) in [4.78, 5) is 0. The Hall–Kier alpha value is 0.110. The minimum absolute atomic E-state index is 0.434. The Morgan fingerprint density at radius 1 is 1.23 bits per heavy atom. The summed E-state index contributed by atoms with van der Waals surface area (Å²) in [6.07, 6.45) is 0.663. The summed E-state index contributed by atoms with van der Waals surface area (Å²) in [5, 5.41) is 0.434. The van der Waals surface area contributed by atoms with Crippen LogP contribution in [0.1, 0.15) is 12.0 Å². The molecule has 1 rings (SSSR count). The molecule has 72 valence electrons. The van der Waals surface area contributed by atoms with E-state index >= 15 is 0 Å². The summed E-state index contributed by atoms with van der Waals surface area (Å²) in [6.45, 7) is 0. The van der Waals surface area contributed by atoms with Crippen LogP contribution in [0.4, 0.5) is 4.39 Å². The number of benzene rings is 1. The first kappa shape index (κ1) is 11.2. The third-order valence-corrected chi connectivity index (χ3v) is 3.06. The van der Waals surface area contributed by atoms with Gasteiger partial charge in [-0.3, -0.25) is 0 Å². The lowest BCUT2D eigenvalue weighted by atomic mass is 10.1. The maximum Gasteiger partial charge on any atom is 0.110 e. The first-order valence-corrected chi connectivity index (χ1v) is 6.08. The number of rotatable bonds is 4. The van der Waals surface area contributed by atoms with Crippen molar-refractivity contribution in [2.45, 2.75) is 19.0 Å². The molecule has 0 aromatic heterocycles. The highest BCUT2D eigenvalue weighted by Crippen LogP contribution is 2.13. The van der Waals surface area contributed by atoms with Crippen molar-refractivity contribution in [3.63, 3.8) is 0 Å². The second kappa shape index (κ2) is 5.76. The second-order valence-corrected chi connectivity index (χ2v) is 4.48. The zero-order valence-corrected chi connectivity index (χ0v) is 10.3. The molecular formula is C10H11Br2F. The van der Waals surface area contributed by atoms with E-state index in [0.29, 0.717) is 11.8 Å². The average Bonchev–Trinajstić information content (AvgIpc) is 2.16. The van der Waals surface area contributed by atoms with Crippen LogP contribution in [0, 0.1) is 0 Å². The maximum atomic E-state index is 12.8. The van der Waals surface area contributed by atoms with Gasteiger partial charge in [-0.05, 0) is 30.5 Å². The molecule has 0 nitrogen and oxygen atoms in total. The molecule has 0 saturated carbocycles. The summed E-state index contributed by atoms with van der Waals surface area (Å²) in [5.74, 6) is 0. The van der Waals surface area contributed by atoms with Gasteiger partial charge < -0.3 is 0 Å². The van der Waals surface area contributed by atoms with Gasteiger partial charge in [0.25, 0.3) is 0 Å². The largest absolute Gasteiger partial charge is 0.247 e. The average molecular weight is 310 g/mol. The molecule has 0 N–H and O–H groups in total. The third-order valence-electron chi connectivity index (χ3n) is 1.83. The summed E-state index contributed by atoms with van der Waals surface area (Å²) in [6, 6.07) is 8.00. The summed E-state index contributed by atoms with van der Waals surface area (Å²) >= 11 is 6.47. The lowest BCUT2D eigenvalue weighted by Gasteiger charge is -2.04. The highest BCUT2D eigenvalue weighted by Gasteiger charge is 2.03. The fraction of sp³-hybridized carbons (Fsp3) is 0.400. The highest BCUT2D eigenvalue weighted by atomic mass is 79.9. The fourth-order valence-electron chi connectivity index (χ4n) is 1.05. The van der Waals surface area contributed by atoms with Gasteiger partial charge in [0.15, 0.2) is 0 Å². The van der Waals surface area contributed by atoms with E-state index in [1.807, 2.05) is 24.3 Å². The van der Waals surface area contributed by atoms with Crippen LogP contribution in [0.2, 0.25) is 0 Å². The SMILES string of the molecule is FC(CBr)CCc1ccc(Br)cc1. The molecule has 0 amide bonds. The van der Waals surface area contributed by atoms with Crippen molar-refractivity contribution in [2.24, 2.45) is 0 Å². The predicted octanol–water partition coefficient (Wildman–Crippen LogP) is 4.11. The van der Waals surface area contributed by atoms with Crippen molar-refractivity contribution in [2.75, 3.05) is 5.33 Å². The Balaban J connectivity index is 2.41. The van der Waals surface area contributed by atoms with E-state index in [1.165, 1.54) is 5.56 Å². The second-order valence-electron chi connectivity index (χ2n) is 2.92. The molecule has 0 heterocycles. The molecule has 3 heteroatoms. The molecule has 0 aliphatic heterocycles. The van der Waals surface area contributed by atoms with Gasteiger partial charge in [-0.15, -0.1) is 0 Å². The first-order chi connectivity index (χ1) is 6.22. The normalized spacial score (nSPS) is 12.8. The Morgan fingerprint density at radius 3 is 2.38 bits per heavy atom. The van der Waals surface area contributed by atoms with Gasteiger partial charge >= 0.3 is 0 Å². The van der Waals surface area contributed by atoms with Crippen LogP contribution in [0.3, 0.4) is 0 Å². The number of hydrogen-bond donors (Lipinski definition) is 0. The van der Waals surface area contributed by atoms with Crippen LogP contribution in [-0.4, -0.2) is 11.5 Å². The van der Waals surface area contributed by atoms with Crippen LogP contribution in [0.15, 0.2) is 28.7 Å². The minimum atomic E-state index is -0.733. The van der Waals surface area contributed by atoms with Crippen LogP contribution < -0.4 is 0 Å². The highest BCUT2D eigenvalue weighted by molar-refractivity contribution is 9.10. The Morgan fingerprint density at radius 2 is 1.85 bits per heavy atom. The molecular weight excluding hydrogens is 299 g/mol. The van der Waals surface area contributed by atoms with E-state index in [4.69, 9.17) is 0 Å². The smallest absolute Gasteiger partial charge is 0.110 e. The Kier molecular flexibility index (Phi) is 4.96. The predicted molar refractivity (Wildman–Crippen MR) is 61.2 cm³/mol. The zero-order valence-electron chi connectivity index (χ0n) is 7.14. The van der Waals surface area contributed by atoms with Crippen molar-refractivity contribution in [1.82, 2.24) is 0 Å². The third kappa shape index (κ3) is 4.23. The van der Waals surface area contributed by atoms with Gasteiger partial charge in [-0.1, -0.05) is 44.0 Å². The van der Waals surface area contributed by atoms with E-state index in [0.717, 1.165) is 10.9 Å². The molecule has 0 saturated heterocycles. The van der Waals surface area contributed by atoms with E-state index in [2.05, 4.69) is 31.9 Å². The quantitative estimate of drug-likeness (QED) is 0.734. The molecule has 1 atom stereocenters. The van der Waals surface area contributed by atoms with E-state index in [-0.39, 0.29) is 0 Å². The van der Waals surface area contributed by atoms with Crippen LogP contribution >= 0.6 is 31.9 Å². The Labute approximate surface area is 94.8 Å². The molecule has 0 bridgehead atoms. The lowest BCUT2D eigenvalue weighted by Crippen LogP contribution is -2.02. The summed E-state index contributed by atoms with van der Waals surface area (Å²) in [5.41, 5.74) is 1.19. The van der Waals surface area contributed by atoms with E-state index in [9.17, 15) is 4.39 Å². The minimum Gasteiger partial charge on any atom is -0.247 e. The topological polar surface area (TPSA) is 0 Å². The van der Waals surface area contributed by atoms with Gasteiger partial charge in [0, 0.05) is 9.80 Å². The van der Waals surface area contributed by atoms with Crippen LogP contribution in [0.5, 0.6) is 0 Å². The van der Waals surface area contributed by atoms with Gasteiger partial charge in [0.05, 0.1) is 0 Å². The lowest BCUT2D eigenvalue weighted by molar-refractivity contribution is 0.349. The van der Waals surface area contributed by atoms with Crippen molar-refractivity contribution < 1.29 is 4.39 Å². The standard InChI is InChI=1S/C10H11Br2F/c11-7-10(13)6-3-8-1-4-9(12)5-2-8/h1-2,4-5,10H,3,6-7H2. The van der Waals surface area contributed by atoms with Gasteiger partial charge in [-0.25, -0.2) is 4.39 Å². The Bertz CT molecular complexity index is 246. The molecule has 1 unspecified atom stereocenters. The molecule has 0 fully saturated rings. The van der Waals surface area contributed by atoms with Crippen molar-refractivity contribution in [3.8, 4) is 0 Å². The van der Waals surface area contributed by atoms with Crippen LogP contribution in [0.25, 0.3) is 0 Å². The zero-order chi connectivity index (χ0) is 9.68. The number of hydrogen-bond acceptors (Lipinski definition) is 0. The van der Waals surface area contributed by atoms with Gasteiger partial charge in [0.2, 0.25) is 0 Å². The van der Waals surface area contributed by atoms with Crippen molar-refractivity contribution >= 4 is 31.9 Å². The summed E-state index contributed by atoms with van der Waals surface area (Å²) in [7, 11) is 0. The molecule has 0 aliphatic carbocycles. The summed E-state index contributed by atoms with van der Waals surface area (Å²) < 4.78 is 13.9. The number of aryl methyl sites for hydroxylation is 1. The molecule has 1 aromatic rings. The molecule has 1 aromatic carbocycles. The van der Waals surface area contributed by atoms with Crippen molar-refractivity contribution in [1.29, 1.82) is 0 Å². The molecule has 0 radical (unpaired) electrons.